The normalized spacial score (nSPS) is 10.1. The van der Waals surface area contributed by atoms with Crippen LogP contribution in [0.1, 0.15) is 15.4 Å². The van der Waals surface area contributed by atoms with Crippen LogP contribution in [0.4, 0.5) is 5.13 Å². The predicted octanol–water partition coefficient (Wildman–Crippen LogP) is 0.963. The maximum Gasteiger partial charge on any atom is 0.264 e. The molecule has 0 bridgehead atoms. The van der Waals surface area contributed by atoms with Gasteiger partial charge in [0.15, 0.2) is 6.61 Å². The van der Waals surface area contributed by atoms with E-state index in [1.165, 1.54) is 23.5 Å². The van der Waals surface area contributed by atoms with Gasteiger partial charge >= 0.3 is 0 Å². The van der Waals surface area contributed by atoms with Crippen molar-refractivity contribution in [2.45, 2.75) is 6.92 Å². The number of hydrogen-bond acceptors (Lipinski definition) is 6. The number of rotatable bonds is 5. The highest BCUT2D eigenvalue weighted by molar-refractivity contribution is 7.15. The van der Waals surface area contributed by atoms with E-state index in [1.54, 1.807) is 19.1 Å². The van der Waals surface area contributed by atoms with E-state index in [9.17, 15) is 9.59 Å². The molecule has 0 fully saturated rings. The summed E-state index contributed by atoms with van der Waals surface area (Å²) < 4.78 is 5.27. The van der Waals surface area contributed by atoms with E-state index in [1.807, 2.05) is 0 Å². The Bertz CT molecular complexity index is 624. The molecular formula is C12H12N4O3S. The summed E-state index contributed by atoms with van der Waals surface area (Å²) in [5.74, 6) is -0.375. The van der Waals surface area contributed by atoms with Gasteiger partial charge in [0.25, 0.3) is 5.91 Å². The number of nitrogens with two attached hydrogens (primary N) is 1. The lowest BCUT2D eigenvalue weighted by molar-refractivity contribution is -0.118. The topological polar surface area (TPSA) is 107 Å². The molecule has 0 saturated carbocycles. The van der Waals surface area contributed by atoms with E-state index in [2.05, 4.69) is 15.5 Å². The molecule has 104 valence electrons. The Balaban J connectivity index is 1.85. The number of carbonyl (C=O) groups excluding carboxylic acids is 2. The van der Waals surface area contributed by atoms with Crippen LogP contribution in [0, 0.1) is 6.92 Å². The number of aromatic nitrogens is 2. The second-order valence-electron chi connectivity index (χ2n) is 3.85. The molecule has 0 spiro atoms. The number of primary amides is 1. The van der Waals surface area contributed by atoms with E-state index in [0.29, 0.717) is 16.4 Å². The van der Waals surface area contributed by atoms with Gasteiger partial charge in [0, 0.05) is 5.56 Å². The average Bonchev–Trinajstić information content (AvgIpc) is 2.82. The summed E-state index contributed by atoms with van der Waals surface area (Å²) in [7, 11) is 0. The maximum absolute atomic E-state index is 11.6. The van der Waals surface area contributed by atoms with Crippen molar-refractivity contribution < 1.29 is 14.3 Å². The van der Waals surface area contributed by atoms with E-state index >= 15 is 0 Å². The van der Waals surface area contributed by atoms with Crippen LogP contribution in [0.25, 0.3) is 0 Å². The van der Waals surface area contributed by atoms with Crippen molar-refractivity contribution in [2.24, 2.45) is 5.73 Å². The number of amides is 2. The largest absolute Gasteiger partial charge is 0.484 e. The summed E-state index contributed by atoms with van der Waals surface area (Å²) in [4.78, 5) is 22.5. The van der Waals surface area contributed by atoms with Gasteiger partial charge in [0.2, 0.25) is 11.0 Å². The Kier molecular flexibility index (Phi) is 4.26. The number of carbonyl (C=O) groups is 2. The van der Waals surface area contributed by atoms with Crippen molar-refractivity contribution in [3.8, 4) is 5.75 Å². The fourth-order valence-electron chi connectivity index (χ4n) is 1.37. The predicted molar refractivity (Wildman–Crippen MR) is 73.7 cm³/mol. The molecule has 1 aromatic carbocycles. The van der Waals surface area contributed by atoms with Gasteiger partial charge in [0.1, 0.15) is 10.8 Å². The zero-order chi connectivity index (χ0) is 14.5. The number of anilines is 1. The number of ether oxygens (including phenoxy) is 1. The van der Waals surface area contributed by atoms with Gasteiger partial charge < -0.3 is 10.5 Å². The van der Waals surface area contributed by atoms with E-state index < -0.39 is 5.91 Å². The zero-order valence-electron chi connectivity index (χ0n) is 10.6. The third kappa shape index (κ3) is 3.75. The number of aryl methyl sites for hydroxylation is 1. The minimum Gasteiger partial charge on any atom is -0.484 e. The third-order valence-electron chi connectivity index (χ3n) is 2.28. The van der Waals surface area contributed by atoms with Crippen LogP contribution in [0.2, 0.25) is 0 Å². The molecule has 0 aliphatic rings. The first-order valence-electron chi connectivity index (χ1n) is 5.67. The van der Waals surface area contributed by atoms with E-state index in [4.69, 9.17) is 10.5 Å². The summed E-state index contributed by atoms with van der Waals surface area (Å²) in [5, 5.41) is 11.3. The molecule has 0 radical (unpaired) electrons. The minimum atomic E-state index is -0.513. The lowest BCUT2D eigenvalue weighted by atomic mass is 10.2. The number of nitrogens with zero attached hydrogens (tertiary/aromatic N) is 2. The molecule has 2 rings (SSSR count). The summed E-state index contributed by atoms with van der Waals surface area (Å²) in [6.45, 7) is 1.64. The number of nitrogens with one attached hydrogen (secondary N) is 1. The average molecular weight is 292 g/mol. The van der Waals surface area contributed by atoms with Crippen molar-refractivity contribution in [3.63, 3.8) is 0 Å². The summed E-state index contributed by atoms with van der Waals surface area (Å²) in [6.07, 6.45) is 0. The van der Waals surface area contributed by atoms with Crippen molar-refractivity contribution in [2.75, 3.05) is 11.9 Å². The van der Waals surface area contributed by atoms with E-state index in [-0.39, 0.29) is 12.5 Å². The molecule has 2 amide bonds. The van der Waals surface area contributed by atoms with Gasteiger partial charge in [-0.3, -0.25) is 14.9 Å². The Morgan fingerprint density at radius 1 is 1.30 bits per heavy atom. The molecule has 7 nitrogen and oxygen atoms in total. The fraction of sp³-hybridized carbons (Fsp3) is 0.167. The number of hydrogen-bond donors (Lipinski definition) is 2. The second kappa shape index (κ2) is 6.11. The lowest BCUT2D eigenvalue weighted by Crippen LogP contribution is -2.20. The minimum absolute atomic E-state index is 0.158. The SMILES string of the molecule is Cc1nnc(NC(=O)COc2ccc(C(N)=O)cc2)s1. The van der Waals surface area contributed by atoms with Crippen LogP contribution in [0.3, 0.4) is 0 Å². The smallest absolute Gasteiger partial charge is 0.264 e. The molecule has 0 saturated heterocycles. The molecule has 1 aromatic heterocycles. The standard InChI is InChI=1S/C12H12N4O3S/c1-7-15-16-12(20-7)14-10(17)6-19-9-4-2-8(3-5-9)11(13)18/h2-5H,6H2,1H3,(H2,13,18)(H,14,16,17). The highest BCUT2D eigenvalue weighted by Gasteiger charge is 2.07. The van der Waals surface area contributed by atoms with Crippen molar-refractivity contribution >= 4 is 28.3 Å². The van der Waals surface area contributed by atoms with E-state index in [0.717, 1.165) is 5.01 Å². The van der Waals surface area contributed by atoms with Crippen LogP contribution < -0.4 is 15.8 Å². The van der Waals surface area contributed by atoms with Gasteiger partial charge in [-0.25, -0.2) is 0 Å². The van der Waals surface area contributed by atoms with Crippen molar-refractivity contribution in [1.82, 2.24) is 10.2 Å². The molecule has 8 heteroatoms. The molecule has 0 aliphatic heterocycles. The highest BCUT2D eigenvalue weighted by Crippen LogP contribution is 2.14. The van der Waals surface area contributed by atoms with Crippen LogP contribution in [-0.2, 0) is 4.79 Å². The Morgan fingerprint density at radius 3 is 2.55 bits per heavy atom. The van der Waals surface area contributed by atoms with Gasteiger partial charge in [0.05, 0.1) is 0 Å². The molecule has 3 N–H and O–H groups in total. The molecule has 1 heterocycles. The van der Waals surface area contributed by atoms with Crippen molar-refractivity contribution in [1.29, 1.82) is 0 Å². The number of benzene rings is 1. The Hall–Kier alpha value is -2.48. The quantitative estimate of drug-likeness (QED) is 0.853. The molecule has 0 aliphatic carbocycles. The van der Waals surface area contributed by atoms with Crippen LogP contribution in [-0.4, -0.2) is 28.6 Å². The third-order valence-corrected chi connectivity index (χ3v) is 3.04. The second-order valence-corrected chi connectivity index (χ2v) is 5.03. The molecular weight excluding hydrogens is 280 g/mol. The first-order chi connectivity index (χ1) is 9.54. The lowest BCUT2D eigenvalue weighted by Gasteiger charge is -2.05. The maximum atomic E-state index is 11.6. The van der Waals surface area contributed by atoms with Gasteiger partial charge in [-0.05, 0) is 31.2 Å². The zero-order valence-corrected chi connectivity index (χ0v) is 11.4. The Morgan fingerprint density at radius 2 is 2.00 bits per heavy atom. The Labute approximate surface area is 118 Å². The summed E-state index contributed by atoms with van der Waals surface area (Å²) in [5.41, 5.74) is 5.50. The first kappa shape index (κ1) is 13.9. The van der Waals surface area contributed by atoms with Crippen LogP contribution in [0.15, 0.2) is 24.3 Å². The van der Waals surface area contributed by atoms with Gasteiger partial charge in [-0.2, -0.15) is 0 Å². The highest BCUT2D eigenvalue weighted by atomic mass is 32.1. The molecule has 2 aromatic rings. The van der Waals surface area contributed by atoms with Crippen molar-refractivity contribution in [3.05, 3.63) is 34.8 Å². The molecule has 0 atom stereocenters. The monoisotopic (exact) mass is 292 g/mol. The van der Waals surface area contributed by atoms with Crippen LogP contribution >= 0.6 is 11.3 Å². The fourth-order valence-corrected chi connectivity index (χ4v) is 1.97. The summed E-state index contributed by atoms with van der Waals surface area (Å²) >= 11 is 1.28. The first-order valence-corrected chi connectivity index (χ1v) is 6.49. The van der Waals surface area contributed by atoms with Gasteiger partial charge in [-0.1, -0.05) is 11.3 Å². The van der Waals surface area contributed by atoms with Crippen LogP contribution in [0.5, 0.6) is 5.75 Å². The molecule has 20 heavy (non-hydrogen) atoms. The molecule has 0 unspecified atom stereocenters. The van der Waals surface area contributed by atoms with Gasteiger partial charge in [-0.15, -0.1) is 10.2 Å². The summed E-state index contributed by atoms with van der Waals surface area (Å²) in [6, 6.07) is 6.21.